The van der Waals surface area contributed by atoms with Gasteiger partial charge in [0.15, 0.2) is 5.11 Å². The maximum absolute atomic E-state index is 6.27. The van der Waals surface area contributed by atoms with Crippen LogP contribution in [0.1, 0.15) is 28.3 Å². The lowest BCUT2D eigenvalue weighted by atomic mass is 9.83. The first kappa shape index (κ1) is 20.6. The lowest BCUT2D eigenvalue weighted by Crippen LogP contribution is -2.44. The number of benzene rings is 4. The zero-order chi connectivity index (χ0) is 22.0. The second-order valence-electron chi connectivity index (χ2n) is 7.81. The Kier molecular flexibility index (Phi) is 5.56. The molecule has 1 saturated heterocycles. The molecule has 0 saturated carbocycles. The van der Waals surface area contributed by atoms with Crippen LogP contribution in [0.2, 0.25) is 0 Å². The van der Waals surface area contributed by atoms with E-state index >= 15 is 0 Å². The molecule has 32 heavy (non-hydrogen) atoms. The molecular formula is C28H22N2S2. The third kappa shape index (κ3) is 3.42. The molecule has 0 radical (unpaired) electrons. The summed E-state index contributed by atoms with van der Waals surface area (Å²) in [4.78, 5) is 2.85. The summed E-state index contributed by atoms with van der Waals surface area (Å²) in [5.41, 5.74) is 3.71. The van der Waals surface area contributed by atoms with Crippen molar-refractivity contribution in [2.45, 2.75) is 11.6 Å². The fraction of sp³-hybridized carbons (Fsp3) is 0.0714. The van der Waals surface area contributed by atoms with Crippen LogP contribution in [0.15, 0.2) is 121 Å². The fourth-order valence-corrected chi connectivity index (χ4v) is 5.37. The topological polar surface area (TPSA) is 15.3 Å². The summed E-state index contributed by atoms with van der Waals surface area (Å²) < 4.78 is 0. The molecule has 1 N–H and O–H groups in total. The van der Waals surface area contributed by atoms with Crippen LogP contribution in [0, 0.1) is 0 Å². The third-order valence-corrected chi connectivity index (χ3v) is 6.76. The molecular weight excluding hydrogens is 428 g/mol. The Bertz CT molecular complexity index is 1150. The van der Waals surface area contributed by atoms with Crippen molar-refractivity contribution in [2.24, 2.45) is 0 Å². The van der Waals surface area contributed by atoms with E-state index in [0.717, 1.165) is 27.2 Å². The van der Waals surface area contributed by atoms with Gasteiger partial charge in [0.05, 0.1) is 6.04 Å². The van der Waals surface area contributed by atoms with Crippen molar-refractivity contribution < 1.29 is 0 Å². The Labute approximate surface area is 199 Å². The van der Waals surface area contributed by atoms with Crippen LogP contribution in [0.5, 0.6) is 0 Å². The number of nitrogens with one attached hydrogen (secondary N) is 1. The molecule has 156 valence electrons. The van der Waals surface area contributed by atoms with Crippen LogP contribution in [-0.2, 0) is 5.54 Å². The highest BCUT2D eigenvalue weighted by atomic mass is 32.1. The van der Waals surface area contributed by atoms with Gasteiger partial charge in [-0.15, -0.1) is 0 Å². The van der Waals surface area contributed by atoms with Gasteiger partial charge in [-0.3, -0.25) is 4.90 Å². The van der Waals surface area contributed by atoms with Crippen LogP contribution in [-0.4, -0.2) is 15.0 Å². The quantitative estimate of drug-likeness (QED) is 0.362. The van der Waals surface area contributed by atoms with Crippen molar-refractivity contribution in [1.82, 2.24) is 10.2 Å². The molecule has 1 aliphatic heterocycles. The lowest BCUT2D eigenvalue weighted by molar-refractivity contribution is 0.529. The Balaban J connectivity index is 1.70. The SMILES string of the molecule is S=C1NC(c2ccccc2)(c2ccccc2)C(=S)N1C(c1ccccc1)c1ccccc1. The normalized spacial score (nSPS) is 15.1. The molecule has 2 nitrogen and oxygen atoms in total. The summed E-state index contributed by atoms with van der Waals surface area (Å²) in [5.74, 6) is 0. The molecule has 0 amide bonds. The standard InChI is InChI=1S/C28H22N2S2/c31-26-28(23-17-9-3-10-18-23,24-19-11-4-12-20-24)29-27(32)30(26)25(21-13-5-1-6-14-21)22-15-7-2-8-16-22/h1-20,25H,(H,29,32). The molecule has 0 spiro atoms. The number of hydrogen-bond donors (Lipinski definition) is 1. The summed E-state index contributed by atoms with van der Waals surface area (Å²) in [5, 5.41) is 4.26. The number of hydrogen-bond acceptors (Lipinski definition) is 2. The Hall–Kier alpha value is -3.34. The van der Waals surface area contributed by atoms with Crippen molar-refractivity contribution in [3.8, 4) is 0 Å². The van der Waals surface area contributed by atoms with Crippen LogP contribution in [0.3, 0.4) is 0 Å². The van der Waals surface area contributed by atoms with Gasteiger partial charge in [0.1, 0.15) is 10.5 Å². The third-order valence-electron chi connectivity index (χ3n) is 5.96. The van der Waals surface area contributed by atoms with Gasteiger partial charge in [0.25, 0.3) is 0 Å². The van der Waals surface area contributed by atoms with Gasteiger partial charge >= 0.3 is 0 Å². The Morgan fingerprint density at radius 2 is 0.938 bits per heavy atom. The van der Waals surface area contributed by atoms with E-state index in [1.165, 1.54) is 0 Å². The maximum Gasteiger partial charge on any atom is 0.176 e. The van der Waals surface area contributed by atoms with Crippen molar-refractivity contribution in [2.75, 3.05) is 0 Å². The molecule has 4 aromatic carbocycles. The molecule has 0 bridgehead atoms. The number of thiocarbonyl (C=S) groups is 2. The molecule has 5 rings (SSSR count). The first-order valence-corrected chi connectivity index (χ1v) is 11.4. The lowest BCUT2D eigenvalue weighted by Gasteiger charge is -2.33. The number of rotatable bonds is 5. The van der Waals surface area contributed by atoms with Gasteiger partial charge in [0, 0.05) is 0 Å². The zero-order valence-corrected chi connectivity index (χ0v) is 19.0. The van der Waals surface area contributed by atoms with Crippen LogP contribution >= 0.6 is 24.4 Å². The fourth-order valence-electron chi connectivity index (χ4n) is 4.48. The van der Waals surface area contributed by atoms with Crippen LogP contribution < -0.4 is 5.32 Å². The molecule has 1 fully saturated rings. The maximum atomic E-state index is 6.27. The Morgan fingerprint density at radius 3 is 1.34 bits per heavy atom. The molecule has 4 aromatic rings. The highest BCUT2D eigenvalue weighted by Gasteiger charge is 2.51. The predicted octanol–water partition coefficient (Wildman–Crippen LogP) is 6.24. The molecule has 1 aliphatic rings. The summed E-state index contributed by atoms with van der Waals surface area (Å²) in [6, 6.07) is 41.4. The van der Waals surface area contributed by atoms with E-state index in [1.54, 1.807) is 0 Å². The minimum atomic E-state index is -0.712. The van der Waals surface area contributed by atoms with Gasteiger partial charge in [-0.25, -0.2) is 0 Å². The van der Waals surface area contributed by atoms with Gasteiger partial charge in [0.2, 0.25) is 0 Å². The Morgan fingerprint density at radius 1 is 0.562 bits per heavy atom. The van der Waals surface area contributed by atoms with E-state index in [9.17, 15) is 0 Å². The monoisotopic (exact) mass is 450 g/mol. The van der Waals surface area contributed by atoms with Gasteiger partial charge in [-0.2, -0.15) is 0 Å². The van der Waals surface area contributed by atoms with E-state index in [1.807, 2.05) is 48.5 Å². The molecule has 4 heteroatoms. The van der Waals surface area contributed by atoms with E-state index < -0.39 is 5.54 Å². The highest BCUT2D eigenvalue weighted by molar-refractivity contribution is 7.82. The second-order valence-corrected chi connectivity index (χ2v) is 8.58. The highest BCUT2D eigenvalue weighted by Crippen LogP contribution is 2.42. The first-order chi connectivity index (χ1) is 15.7. The van der Waals surface area contributed by atoms with Gasteiger partial charge in [-0.05, 0) is 34.5 Å². The van der Waals surface area contributed by atoms with Crippen molar-refractivity contribution in [1.29, 1.82) is 0 Å². The molecule has 0 aliphatic carbocycles. The van der Waals surface area contributed by atoms with E-state index in [-0.39, 0.29) is 6.04 Å². The van der Waals surface area contributed by atoms with E-state index in [4.69, 9.17) is 24.4 Å². The van der Waals surface area contributed by atoms with Gasteiger partial charge in [-0.1, -0.05) is 134 Å². The molecule has 1 heterocycles. The zero-order valence-electron chi connectivity index (χ0n) is 17.4. The van der Waals surface area contributed by atoms with Crippen LogP contribution in [0.4, 0.5) is 0 Å². The van der Waals surface area contributed by atoms with Crippen molar-refractivity contribution in [3.05, 3.63) is 144 Å². The summed E-state index contributed by atoms with van der Waals surface area (Å²) in [7, 11) is 0. The summed E-state index contributed by atoms with van der Waals surface area (Å²) in [6.45, 7) is 0. The first-order valence-electron chi connectivity index (χ1n) is 10.6. The average Bonchev–Trinajstić information content (AvgIpc) is 3.13. The van der Waals surface area contributed by atoms with Gasteiger partial charge < -0.3 is 5.32 Å². The summed E-state index contributed by atoms with van der Waals surface area (Å²) in [6.07, 6.45) is 0. The van der Waals surface area contributed by atoms with E-state index in [2.05, 4.69) is 83.0 Å². The minimum Gasteiger partial charge on any atom is -0.343 e. The van der Waals surface area contributed by atoms with E-state index in [0.29, 0.717) is 5.11 Å². The molecule has 0 aromatic heterocycles. The number of nitrogens with zero attached hydrogens (tertiary/aromatic N) is 1. The second kappa shape index (κ2) is 8.65. The smallest absolute Gasteiger partial charge is 0.176 e. The van der Waals surface area contributed by atoms with Crippen LogP contribution in [0.25, 0.3) is 0 Å². The largest absolute Gasteiger partial charge is 0.343 e. The summed E-state index contributed by atoms with van der Waals surface area (Å²) >= 11 is 12.2. The van der Waals surface area contributed by atoms with Crippen molar-refractivity contribution in [3.63, 3.8) is 0 Å². The van der Waals surface area contributed by atoms with Crippen molar-refractivity contribution >= 4 is 34.5 Å². The predicted molar refractivity (Wildman–Crippen MR) is 139 cm³/mol. The average molecular weight is 451 g/mol. The molecule has 0 atom stereocenters. The minimum absolute atomic E-state index is 0.126. The molecule has 0 unspecified atom stereocenters.